The molecule has 0 heterocycles. The van der Waals surface area contributed by atoms with E-state index in [1.54, 1.807) is 0 Å². The number of aliphatic hydroxyl groups is 2. The summed E-state index contributed by atoms with van der Waals surface area (Å²) in [7, 11) is 0. The van der Waals surface area contributed by atoms with Crippen molar-refractivity contribution >= 4 is 11.6 Å². The molecule has 0 aromatic heterocycles. The first kappa shape index (κ1) is 10.1. The fourth-order valence-electron chi connectivity index (χ4n) is 2.46. The Hall–Kier alpha value is -1.42. The third-order valence-corrected chi connectivity index (χ3v) is 3.23. The Morgan fingerprint density at radius 3 is 2.80 bits per heavy atom. The molecule has 15 heavy (non-hydrogen) atoms. The molecule has 2 aliphatic carbocycles. The number of ketones is 2. The molecule has 1 saturated carbocycles. The molecule has 0 amide bonds. The minimum Gasteiger partial charge on any atom is -0.504 e. The highest BCUT2D eigenvalue weighted by Crippen LogP contribution is 2.47. The maximum Gasteiger partial charge on any atom is 0.203 e. The van der Waals surface area contributed by atoms with Gasteiger partial charge in [-0.05, 0) is 12.8 Å². The normalized spacial score (nSPS) is 34.9. The van der Waals surface area contributed by atoms with E-state index < -0.39 is 23.1 Å². The molecule has 4 heteroatoms. The van der Waals surface area contributed by atoms with E-state index in [4.69, 9.17) is 0 Å². The Balaban J connectivity index is 2.53. The molecule has 2 rings (SSSR count). The summed E-state index contributed by atoms with van der Waals surface area (Å²) in [5, 5.41) is 19.7. The smallest absolute Gasteiger partial charge is 0.203 e. The number of Topliss-reactive ketones (excluding diaryl/α,β-unsaturated/α-hetero) is 2. The number of aliphatic hydroxyl groups excluding tert-OH is 1. The van der Waals surface area contributed by atoms with Crippen molar-refractivity contribution in [2.45, 2.75) is 24.9 Å². The fourth-order valence-corrected chi connectivity index (χ4v) is 2.46. The predicted molar refractivity (Wildman–Crippen MR) is 52.2 cm³/mol. The molecule has 1 fully saturated rings. The zero-order valence-corrected chi connectivity index (χ0v) is 8.19. The molecule has 0 bridgehead atoms. The van der Waals surface area contributed by atoms with Gasteiger partial charge in [0.05, 0.1) is 5.92 Å². The molecular weight excluding hydrogens is 196 g/mol. The molecular formula is C11H12O4. The molecule has 0 aliphatic heterocycles. The lowest BCUT2D eigenvalue weighted by Gasteiger charge is -2.22. The molecule has 2 atom stereocenters. The van der Waals surface area contributed by atoms with Gasteiger partial charge in [0, 0.05) is 12.0 Å². The first-order valence-electron chi connectivity index (χ1n) is 4.86. The SMILES string of the molecule is C=CCC1=C(O)C(=O)C2CCC(=O)C12O. The summed E-state index contributed by atoms with van der Waals surface area (Å²) in [6.07, 6.45) is 2.14. The van der Waals surface area contributed by atoms with Crippen LogP contribution in [0.3, 0.4) is 0 Å². The maximum atomic E-state index is 11.6. The van der Waals surface area contributed by atoms with Gasteiger partial charge in [-0.15, -0.1) is 6.58 Å². The largest absolute Gasteiger partial charge is 0.504 e. The lowest BCUT2D eigenvalue weighted by molar-refractivity contribution is -0.136. The van der Waals surface area contributed by atoms with Crippen molar-refractivity contribution in [3.05, 3.63) is 24.0 Å². The highest BCUT2D eigenvalue weighted by atomic mass is 16.3. The van der Waals surface area contributed by atoms with E-state index in [0.29, 0.717) is 6.42 Å². The molecule has 2 unspecified atom stereocenters. The molecule has 0 radical (unpaired) electrons. The van der Waals surface area contributed by atoms with Crippen molar-refractivity contribution in [2.75, 3.05) is 0 Å². The van der Waals surface area contributed by atoms with E-state index >= 15 is 0 Å². The van der Waals surface area contributed by atoms with Crippen molar-refractivity contribution in [1.29, 1.82) is 0 Å². The number of hydrogen-bond donors (Lipinski definition) is 2. The summed E-state index contributed by atoms with van der Waals surface area (Å²) in [6, 6.07) is 0. The van der Waals surface area contributed by atoms with E-state index in [0.717, 1.165) is 0 Å². The highest BCUT2D eigenvalue weighted by Gasteiger charge is 2.60. The van der Waals surface area contributed by atoms with Crippen LogP contribution >= 0.6 is 0 Å². The van der Waals surface area contributed by atoms with Crippen molar-refractivity contribution in [3.63, 3.8) is 0 Å². The van der Waals surface area contributed by atoms with E-state index in [1.165, 1.54) is 6.08 Å². The zero-order valence-electron chi connectivity index (χ0n) is 8.19. The number of hydrogen-bond acceptors (Lipinski definition) is 4. The van der Waals surface area contributed by atoms with E-state index in [9.17, 15) is 19.8 Å². The van der Waals surface area contributed by atoms with Gasteiger partial charge in [-0.2, -0.15) is 0 Å². The van der Waals surface area contributed by atoms with Crippen molar-refractivity contribution in [1.82, 2.24) is 0 Å². The van der Waals surface area contributed by atoms with Gasteiger partial charge in [0.2, 0.25) is 5.78 Å². The molecule has 0 aromatic rings. The van der Waals surface area contributed by atoms with Crippen LogP contribution in [-0.2, 0) is 9.59 Å². The van der Waals surface area contributed by atoms with Crippen LogP contribution in [0.1, 0.15) is 19.3 Å². The quantitative estimate of drug-likeness (QED) is 0.654. The zero-order chi connectivity index (χ0) is 11.2. The summed E-state index contributed by atoms with van der Waals surface area (Å²) >= 11 is 0. The molecule has 0 saturated heterocycles. The predicted octanol–water partition coefficient (Wildman–Crippen LogP) is 0.667. The second kappa shape index (κ2) is 3.03. The Morgan fingerprint density at radius 1 is 1.53 bits per heavy atom. The third-order valence-electron chi connectivity index (χ3n) is 3.23. The lowest BCUT2D eigenvalue weighted by Crippen LogP contribution is -2.40. The number of rotatable bonds is 2. The van der Waals surface area contributed by atoms with Crippen LogP contribution in [0, 0.1) is 5.92 Å². The molecule has 0 aromatic carbocycles. The van der Waals surface area contributed by atoms with Crippen LogP contribution < -0.4 is 0 Å². The maximum absolute atomic E-state index is 11.6. The van der Waals surface area contributed by atoms with Gasteiger partial charge in [-0.3, -0.25) is 9.59 Å². The summed E-state index contributed by atoms with van der Waals surface area (Å²) in [5.41, 5.74) is -1.63. The standard InChI is InChI=1S/C11H12O4/c1-2-3-6-9(13)10(14)7-4-5-8(12)11(6,7)15/h2,7,13,15H,1,3-5H2. The second-order valence-electron chi connectivity index (χ2n) is 3.97. The Bertz CT molecular complexity index is 393. The van der Waals surface area contributed by atoms with Crippen LogP contribution in [0.5, 0.6) is 0 Å². The van der Waals surface area contributed by atoms with E-state index in [1.807, 2.05) is 0 Å². The van der Waals surface area contributed by atoms with Crippen LogP contribution in [0.25, 0.3) is 0 Å². The molecule has 4 nitrogen and oxygen atoms in total. The van der Waals surface area contributed by atoms with Crippen LogP contribution in [0.15, 0.2) is 24.0 Å². The monoisotopic (exact) mass is 208 g/mol. The average molecular weight is 208 g/mol. The summed E-state index contributed by atoms with van der Waals surface area (Å²) in [6.45, 7) is 3.47. The van der Waals surface area contributed by atoms with Gasteiger partial charge >= 0.3 is 0 Å². The van der Waals surface area contributed by atoms with Crippen LogP contribution in [-0.4, -0.2) is 27.4 Å². The molecule has 2 aliphatic rings. The fraction of sp³-hybridized carbons (Fsp3) is 0.455. The van der Waals surface area contributed by atoms with E-state index in [-0.39, 0.29) is 24.2 Å². The Kier molecular flexibility index (Phi) is 2.04. The summed E-state index contributed by atoms with van der Waals surface area (Å²) in [4.78, 5) is 23.1. The van der Waals surface area contributed by atoms with Gasteiger partial charge in [-0.25, -0.2) is 0 Å². The van der Waals surface area contributed by atoms with E-state index in [2.05, 4.69) is 6.58 Å². The number of fused-ring (bicyclic) bond motifs is 1. The van der Waals surface area contributed by atoms with Gasteiger partial charge in [0.25, 0.3) is 0 Å². The van der Waals surface area contributed by atoms with Crippen molar-refractivity contribution < 1.29 is 19.8 Å². The van der Waals surface area contributed by atoms with Crippen LogP contribution in [0.4, 0.5) is 0 Å². The van der Waals surface area contributed by atoms with Gasteiger partial charge in [0.1, 0.15) is 0 Å². The summed E-state index contributed by atoms with van der Waals surface area (Å²) < 4.78 is 0. The van der Waals surface area contributed by atoms with Crippen LogP contribution in [0.2, 0.25) is 0 Å². The Morgan fingerprint density at radius 2 is 2.20 bits per heavy atom. The van der Waals surface area contributed by atoms with Gasteiger partial charge < -0.3 is 10.2 Å². The highest BCUT2D eigenvalue weighted by molar-refractivity contribution is 6.10. The number of carbonyl (C=O) groups excluding carboxylic acids is 2. The third kappa shape index (κ3) is 1.05. The number of carbonyl (C=O) groups is 2. The van der Waals surface area contributed by atoms with Gasteiger partial charge in [0.15, 0.2) is 17.1 Å². The Labute approximate surface area is 86.9 Å². The van der Waals surface area contributed by atoms with Crippen molar-refractivity contribution in [2.24, 2.45) is 5.92 Å². The molecule has 0 spiro atoms. The van der Waals surface area contributed by atoms with Gasteiger partial charge in [-0.1, -0.05) is 6.08 Å². The molecule has 80 valence electrons. The van der Waals surface area contributed by atoms with Crippen molar-refractivity contribution in [3.8, 4) is 0 Å². The first-order chi connectivity index (χ1) is 7.03. The summed E-state index contributed by atoms with van der Waals surface area (Å²) in [5.74, 6) is -2.11. The topological polar surface area (TPSA) is 74.6 Å². The second-order valence-corrected chi connectivity index (χ2v) is 3.97. The number of allylic oxidation sites excluding steroid dienone is 2. The molecule has 2 N–H and O–H groups in total. The average Bonchev–Trinajstić information content (AvgIpc) is 2.59. The first-order valence-corrected chi connectivity index (χ1v) is 4.86. The lowest BCUT2D eigenvalue weighted by atomic mass is 9.86. The minimum atomic E-state index is -1.75. The minimum absolute atomic E-state index is 0.120.